The third kappa shape index (κ3) is 1.75. The largest absolute Gasteiger partial charge is 0.376 e. The first kappa shape index (κ1) is 9.12. The van der Waals surface area contributed by atoms with Crippen LogP contribution in [0.2, 0.25) is 0 Å². The minimum Gasteiger partial charge on any atom is -0.376 e. The molecule has 3 unspecified atom stereocenters. The molecule has 13 heavy (non-hydrogen) atoms. The molecule has 0 saturated carbocycles. The average molecular weight is 198 g/mol. The minimum absolute atomic E-state index is 0.00347. The topological polar surface area (TPSA) is 48.1 Å². The smallest absolute Gasteiger partial charge is 0.0794 e. The molecular formula is C9H14N2OS. The Balaban J connectivity index is 2.08. The van der Waals surface area contributed by atoms with Gasteiger partial charge in [-0.05, 0) is 23.9 Å². The van der Waals surface area contributed by atoms with Gasteiger partial charge in [-0.2, -0.15) is 0 Å². The second-order valence-corrected chi connectivity index (χ2v) is 4.24. The summed E-state index contributed by atoms with van der Waals surface area (Å²) in [6.45, 7) is 3.04. The lowest BCUT2D eigenvalue weighted by atomic mass is 9.95. The standard InChI is InChI=1S/C9H14N2OS/c1-6-2-3-12-9(6)8(10)7-4-11-13-5-7/h4-6,8-9H,2-3,10H2,1H3. The van der Waals surface area contributed by atoms with E-state index >= 15 is 0 Å². The zero-order valence-electron chi connectivity index (χ0n) is 7.64. The van der Waals surface area contributed by atoms with Crippen molar-refractivity contribution >= 4 is 11.5 Å². The van der Waals surface area contributed by atoms with Gasteiger partial charge in [0.1, 0.15) is 0 Å². The molecule has 1 aromatic rings. The molecule has 2 rings (SSSR count). The molecule has 1 saturated heterocycles. The molecule has 0 aliphatic carbocycles. The molecule has 3 atom stereocenters. The first-order chi connectivity index (χ1) is 6.29. The van der Waals surface area contributed by atoms with Gasteiger partial charge in [0.05, 0.1) is 12.1 Å². The van der Waals surface area contributed by atoms with Crippen LogP contribution in [0.4, 0.5) is 0 Å². The predicted molar refractivity (Wildman–Crippen MR) is 52.6 cm³/mol. The Hall–Kier alpha value is -0.450. The molecular weight excluding hydrogens is 184 g/mol. The lowest BCUT2D eigenvalue weighted by Gasteiger charge is -2.21. The van der Waals surface area contributed by atoms with Gasteiger partial charge in [0.15, 0.2) is 0 Å². The SMILES string of the molecule is CC1CCOC1C(N)c1cnsc1. The van der Waals surface area contributed by atoms with Gasteiger partial charge >= 0.3 is 0 Å². The molecule has 0 amide bonds. The number of hydrogen-bond donors (Lipinski definition) is 1. The Morgan fingerprint density at radius 1 is 1.77 bits per heavy atom. The van der Waals surface area contributed by atoms with Gasteiger partial charge in [0.2, 0.25) is 0 Å². The van der Waals surface area contributed by atoms with Crippen LogP contribution in [0.3, 0.4) is 0 Å². The highest BCUT2D eigenvalue weighted by Crippen LogP contribution is 2.29. The number of aromatic nitrogens is 1. The van der Waals surface area contributed by atoms with Gasteiger partial charge in [-0.1, -0.05) is 6.92 Å². The minimum atomic E-state index is -0.00347. The van der Waals surface area contributed by atoms with Gasteiger partial charge < -0.3 is 10.5 Å². The molecule has 72 valence electrons. The molecule has 1 aliphatic heterocycles. The van der Waals surface area contributed by atoms with E-state index in [0.29, 0.717) is 5.92 Å². The summed E-state index contributed by atoms with van der Waals surface area (Å²) < 4.78 is 9.65. The summed E-state index contributed by atoms with van der Waals surface area (Å²) >= 11 is 1.44. The third-order valence-corrected chi connectivity index (χ3v) is 3.24. The average Bonchev–Trinajstić information content (AvgIpc) is 2.72. The molecule has 2 heterocycles. The Labute approximate surface area is 82.1 Å². The molecule has 0 spiro atoms. The summed E-state index contributed by atoms with van der Waals surface area (Å²) in [4.78, 5) is 0. The van der Waals surface area contributed by atoms with Crippen molar-refractivity contribution in [1.82, 2.24) is 4.37 Å². The number of hydrogen-bond acceptors (Lipinski definition) is 4. The van der Waals surface area contributed by atoms with Crippen LogP contribution in [0.15, 0.2) is 11.6 Å². The fraction of sp³-hybridized carbons (Fsp3) is 0.667. The molecule has 4 heteroatoms. The van der Waals surface area contributed by atoms with Crippen LogP contribution in [0.5, 0.6) is 0 Å². The summed E-state index contributed by atoms with van der Waals surface area (Å²) in [6.07, 6.45) is 3.14. The number of rotatable bonds is 2. The molecule has 0 bridgehead atoms. The Morgan fingerprint density at radius 3 is 3.15 bits per heavy atom. The predicted octanol–water partition coefficient (Wildman–Crippen LogP) is 1.57. The lowest BCUT2D eigenvalue weighted by molar-refractivity contribution is 0.0725. The van der Waals surface area contributed by atoms with Gasteiger partial charge in [-0.15, -0.1) is 0 Å². The van der Waals surface area contributed by atoms with Crippen molar-refractivity contribution in [1.29, 1.82) is 0 Å². The van der Waals surface area contributed by atoms with E-state index in [1.54, 1.807) is 0 Å². The summed E-state index contributed by atoms with van der Waals surface area (Å²) in [7, 11) is 0. The fourth-order valence-corrected chi connectivity index (χ4v) is 2.33. The van der Waals surface area contributed by atoms with Crippen LogP contribution < -0.4 is 5.73 Å². The van der Waals surface area contributed by atoms with E-state index in [1.807, 2.05) is 11.6 Å². The zero-order valence-corrected chi connectivity index (χ0v) is 8.46. The fourth-order valence-electron chi connectivity index (χ4n) is 1.74. The van der Waals surface area contributed by atoms with E-state index in [2.05, 4.69) is 11.3 Å². The third-order valence-electron chi connectivity index (χ3n) is 2.63. The summed E-state index contributed by atoms with van der Waals surface area (Å²) in [6, 6.07) is -0.00347. The van der Waals surface area contributed by atoms with Crippen LogP contribution in [0.25, 0.3) is 0 Å². The maximum absolute atomic E-state index is 6.08. The molecule has 0 aromatic carbocycles. The van der Waals surface area contributed by atoms with Crippen LogP contribution in [0, 0.1) is 5.92 Å². The maximum Gasteiger partial charge on any atom is 0.0794 e. The van der Waals surface area contributed by atoms with Crippen molar-refractivity contribution in [3.8, 4) is 0 Å². The second-order valence-electron chi connectivity index (χ2n) is 3.58. The molecule has 3 nitrogen and oxygen atoms in total. The number of ether oxygens (including phenoxy) is 1. The normalized spacial score (nSPS) is 30.6. The Bertz CT molecular complexity index is 263. The van der Waals surface area contributed by atoms with E-state index in [-0.39, 0.29) is 12.1 Å². The van der Waals surface area contributed by atoms with Crippen LogP contribution in [-0.2, 0) is 4.74 Å². The summed E-state index contributed by atoms with van der Waals surface area (Å²) in [5.74, 6) is 0.565. The first-order valence-corrected chi connectivity index (χ1v) is 5.39. The van der Waals surface area contributed by atoms with Crippen molar-refractivity contribution in [3.63, 3.8) is 0 Å². The first-order valence-electron chi connectivity index (χ1n) is 4.55. The maximum atomic E-state index is 6.08. The van der Waals surface area contributed by atoms with Gasteiger partial charge in [0.25, 0.3) is 0 Å². The van der Waals surface area contributed by atoms with Gasteiger partial charge in [-0.3, -0.25) is 0 Å². The second kappa shape index (κ2) is 3.74. The highest BCUT2D eigenvalue weighted by molar-refractivity contribution is 7.03. The zero-order chi connectivity index (χ0) is 9.26. The van der Waals surface area contributed by atoms with Gasteiger partial charge in [-0.25, -0.2) is 4.37 Å². The quantitative estimate of drug-likeness (QED) is 0.784. The van der Waals surface area contributed by atoms with Crippen LogP contribution in [-0.4, -0.2) is 17.1 Å². The summed E-state index contributed by atoms with van der Waals surface area (Å²) in [5, 5.41) is 2.00. The van der Waals surface area contributed by atoms with Crippen molar-refractivity contribution in [2.45, 2.75) is 25.5 Å². The number of nitrogens with two attached hydrogens (primary N) is 1. The van der Waals surface area contributed by atoms with Crippen molar-refractivity contribution < 1.29 is 4.74 Å². The summed E-state index contributed by atoms with van der Waals surface area (Å²) in [5.41, 5.74) is 7.18. The van der Waals surface area contributed by atoms with E-state index in [1.165, 1.54) is 11.5 Å². The highest BCUT2D eigenvalue weighted by Gasteiger charge is 2.30. The Morgan fingerprint density at radius 2 is 2.62 bits per heavy atom. The molecule has 1 aromatic heterocycles. The highest BCUT2D eigenvalue weighted by atomic mass is 32.1. The van der Waals surface area contributed by atoms with E-state index in [4.69, 9.17) is 10.5 Å². The van der Waals surface area contributed by atoms with Crippen molar-refractivity contribution in [2.75, 3.05) is 6.61 Å². The molecule has 0 radical (unpaired) electrons. The van der Waals surface area contributed by atoms with E-state index in [9.17, 15) is 0 Å². The Kier molecular flexibility index (Phi) is 2.62. The van der Waals surface area contributed by atoms with Gasteiger partial charge in [0, 0.05) is 23.7 Å². The van der Waals surface area contributed by atoms with E-state index < -0.39 is 0 Å². The lowest BCUT2D eigenvalue weighted by Crippen LogP contribution is -2.29. The number of nitrogens with zero attached hydrogens (tertiary/aromatic N) is 1. The van der Waals surface area contributed by atoms with Crippen LogP contribution in [0.1, 0.15) is 24.9 Å². The van der Waals surface area contributed by atoms with Crippen molar-refractivity contribution in [3.05, 3.63) is 17.1 Å². The van der Waals surface area contributed by atoms with E-state index in [0.717, 1.165) is 18.6 Å². The molecule has 2 N–H and O–H groups in total. The molecule has 1 fully saturated rings. The van der Waals surface area contributed by atoms with Crippen LogP contribution >= 0.6 is 11.5 Å². The monoisotopic (exact) mass is 198 g/mol. The van der Waals surface area contributed by atoms with Crippen molar-refractivity contribution in [2.24, 2.45) is 11.7 Å². The molecule has 1 aliphatic rings.